The number of benzene rings is 1. The smallest absolute Gasteiger partial charge is 0.246 e. The molecule has 3 heterocycles. The van der Waals surface area contributed by atoms with Gasteiger partial charge in [-0.2, -0.15) is 0 Å². The van der Waals surface area contributed by atoms with E-state index < -0.39 is 6.04 Å². The molecule has 9 heteroatoms. The number of imidazole rings is 1. The molecule has 2 aromatic heterocycles. The number of thiophene rings is 1. The van der Waals surface area contributed by atoms with Gasteiger partial charge in [0.1, 0.15) is 6.04 Å². The molecule has 26 heavy (non-hydrogen) atoms. The van der Waals surface area contributed by atoms with E-state index in [0.29, 0.717) is 6.54 Å². The van der Waals surface area contributed by atoms with Crippen LogP contribution in [0.2, 0.25) is 5.02 Å². The van der Waals surface area contributed by atoms with Crippen LogP contribution in [-0.2, 0) is 17.8 Å². The van der Waals surface area contributed by atoms with Crippen molar-refractivity contribution < 1.29 is 4.79 Å². The third kappa shape index (κ3) is 3.70. The minimum Gasteiger partial charge on any atom is -0.348 e. The Morgan fingerprint density at radius 1 is 1.38 bits per heavy atom. The van der Waals surface area contributed by atoms with Crippen LogP contribution in [0.25, 0.3) is 10.1 Å². The highest BCUT2D eigenvalue weighted by atomic mass is 35.5. The van der Waals surface area contributed by atoms with Crippen molar-refractivity contribution in [1.82, 2.24) is 20.2 Å². The molecule has 2 N–H and O–H groups in total. The summed E-state index contributed by atoms with van der Waals surface area (Å²) in [6, 6.07) is 7.65. The molecule has 0 aliphatic carbocycles. The third-order valence-electron chi connectivity index (χ3n) is 4.35. The number of hydrogen-bond donors (Lipinski definition) is 2. The molecule has 1 aliphatic rings. The molecular formula is C17H19Cl3N4OS. The zero-order valence-corrected chi connectivity index (χ0v) is 17.2. The molecule has 0 saturated carbocycles. The Bertz CT molecular complexity index is 910. The standard InChI is InChI=1S/C17H17ClN4OS.2ClH/c1-22(8-13-14(18)10-4-2-3-5-12(10)24-13)17(23)16-15-11(6-7-19-16)20-9-21-15;;/h2-5,9,16,19H,6-8H2,1H3,(H,20,21);2*1H. The molecule has 1 aromatic carbocycles. The first-order valence-corrected chi connectivity index (χ1v) is 9.01. The van der Waals surface area contributed by atoms with Crippen LogP contribution in [0.1, 0.15) is 22.3 Å². The lowest BCUT2D eigenvalue weighted by molar-refractivity contribution is -0.133. The van der Waals surface area contributed by atoms with Gasteiger partial charge in [-0.25, -0.2) is 4.98 Å². The fourth-order valence-electron chi connectivity index (χ4n) is 3.10. The van der Waals surface area contributed by atoms with Crippen molar-refractivity contribution in [3.8, 4) is 0 Å². The second kappa shape index (κ2) is 8.59. The maximum Gasteiger partial charge on any atom is 0.246 e. The van der Waals surface area contributed by atoms with Crippen LogP contribution in [0.3, 0.4) is 0 Å². The van der Waals surface area contributed by atoms with E-state index in [4.69, 9.17) is 11.6 Å². The topological polar surface area (TPSA) is 61.0 Å². The fourth-order valence-corrected chi connectivity index (χ4v) is 4.65. The maximum absolute atomic E-state index is 12.9. The molecule has 1 unspecified atom stereocenters. The molecule has 0 radical (unpaired) electrons. The number of aromatic nitrogens is 2. The van der Waals surface area contributed by atoms with Gasteiger partial charge in [0.2, 0.25) is 5.91 Å². The monoisotopic (exact) mass is 432 g/mol. The lowest BCUT2D eigenvalue weighted by Crippen LogP contribution is -2.42. The molecule has 4 rings (SSSR count). The van der Waals surface area contributed by atoms with Crippen LogP contribution in [-0.4, -0.2) is 34.4 Å². The van der Waals surface area contributed by atoms with E-state index in [0.717, 1.165) is 44.3 Å². The number of aromatic amines is 1. The summed E-state index contributed by atoms with van der Waals surface area (Å²) in [5.41, 5.74) is 1.85. The lowest BCUT2D eigenvalue weighted by Gasteiger charge is -2.26. The lowest BCUT2D eigenvalue weighted by atomic mass is 10.0. The summed E-state index contributed by atoms with van der Waals surface area (Å²) in [6.07, 6.45) is 2.52. The number of carbonyl (C=O) groups is 1. The quantitative estimate of drug-likeness (QED) is 0.657. The van der Waals surface area contributed by atoms with Gasteiger partial charge < -0.3 is 15.2 Å². The van der Waals surface area contributed by atoms with Crippen LogP contribution in [0.5, 0.6) is 0 Å². The minimum atomic E-state index is -0.391. The molecule has 0 fully saturated rings. The van der Waals surface area contributed by atoms with Crippen molar-refractivity contribution in [2.75, 3.05) is 13.6 Å². The first-order chi connectivity index (χ1) is 11.6. The van der Waals surface area contributed by atoms with Crippen molar-refractivity contribution in [3.05, 3.63) is 51.9 Å². The third-order valence-corrected chi connectivity index (χ3v) is 6.05. The van der Waals surface area contributed by atoms with Gasteiger partial charge in [-0.3, -0.25) is 4.79 Å². The number of nitrogens with one attached hydrogen (secondary N) is 2. The van der Waals surface area contributed by atoms with Crippen molar-refractivity contribution in [3.63, 3.8) is 0 Å². The summed E-state index contributed by atoms with van der Waals surface area (Å²) in [5.74, 6) is 0.0107. The summed E-state index contributed by atoms with van der Waals surface area (Å²) in [4.78, 5) is 23.0. The second-order valence-electron chi connectivity index (χ2n) is 5.93. The van der Waals surface area contributed by atoms with Gasteiger partial charge in [0.15, 0.2) is 0 Å². The van der Waals surface area contributed by atoms with Gasteiger partial charge in [0.05, 0.1) is 23.6 Å². The first-order valence-electron chi connectivity index (χ1n) is 7.81. The van der Waals surface area contributed by atoms with Gasteiger partial charge >= 0.3 is 0 Å². The SMILES string of the molecule is CN(Cc1sc2ccccc2c1Cl)C(=O)C1NCCc2[nH]cnc21.Cl.Cl. The number of H-pyrrole nitrogens is 1. The van der Waals surface area contributed by atoms with Gasteiger partial charge in [0, 0.05) is 40.7 Å². The predicted octanol–water partition coefficient (Wildman–Crippen LogP) is 3.97. The van der Waals surface area contributed by atoms with Crippen molar-refractivity contribution in [2.45, 2.75) is 19.0 Å². The van der Waals surface area contributed by atoms with E-state index in [1.807, 2.05) is 25.2 Å². The minimum absolute atomic E-state index is 0. The molecule has 140 valence electrons. The Morgan fingerprint density at radius 2 is 2.15 bits per heavy atom. The number of halogens is 3. The van der Waals surface area contributed by atoms with Crippen LogP contribution >= 0.6 is 47.8 Å². The number of nitrogens with zero attached hydrogens (tertiary/aromatic N) is 2. The zero-order valence-electron chi connectivity index (χ0n) is 14.0. The maximum atomic E-state index is 12.9. The van der Waals surface area contributed by atoms with Gasteiger partial charge in [0.25, 0.3) is 0 Å². The van der Waals surface area contributed by atoms with Crippen molar-refractivity contribution >= 4 is 63.7 Å². The van der Waals surface area contributed by atoms with E-state index in [1.54, 1.807) is 22.6 Å². The van der Waals surface area contributed by atoms with E-state index in [-0.39, 0.29) is 30.7 Å². The summed E-state index contributed by atoms with van der Waals surface area (Å²) in [7, 11) is 1.81. The van der Waals surface area contributed by atoms with E-state index in [2.05, 4.69) is 21.4 Å². The van der Waals surface area contributed by atoms with Gasteiger partial charge in [-0.05, 0) is 6.07 Å². The van der Waals surface area contributed by atoms with Crippen molar-refractivity contribution in [1.29, 1.82) is 0 Å². The highest BCUT2D eigenvalue weighted by Gasteiger charge is 2.31. The molecular weight excluding hydrogens is 415 g/mol. The van der Waals surface area contributed by atoms with Gasteiger partial charge in [-0.15, -0.1) is 36.2 Å². The van der Waals surface area contributed by atoms with Crippen LogP contribution < -0.4 is 5.32 Å². The van der Waals surface area contributed by atoms with Crippen LogP contribution in [0.4, 0.5) is 0 Å². The number of amides is 1. The zero-order chi connectivity index (χ0) is 16.7. The Morgan fingerprint density at radius 3 is 2.92 bits per heavy atom. The average Bonchev–Trinajstić information content (AvgIpc) is 3.19. The Kier molecular flexibility index (Phi) is 6.93. The molecule has 1 amide bonds. The Balaban J connectivity index is 0.00000121. The van der Waals surface area contributed by atoms with E-state index >= 15 is 0 Å². The number of likely N-dealkylation sites (N-methyl/N-ethyl adjacent to an activating group) is 1. The van der Waals surface area contributed by atoms with Crippen LogP contribution in [0.15, 0.2) is 30.6 Å². The second-order valence-corrected chi connectivity index (χ2v) is 7.45. The predicted molar refractivity (Wildman–Crippen MR) is 111 cm³/mol. The van der Waals surface area contributed by atoms with E-state index in [1.165, 1.54) is 0 Å². The number of fused-ring (bicyclic) bond motifs is 2. The summed E-state index contributed by atoms with van der Waals surface area (Å²) in [5, 5.41) is 5.06. The Hall–Kier alpha value is -1.31. The Labute approximate surface area is 173 Å². The molecule has 3 aromatic rings. The highest BCUT2D eigenvalue weighted by molar-refractivity contribution is 7.19. The summed E-state index contributed by atoms with van der Waals surface area (Å²) >= 11 is 8.13. The van der Waals surface area contributed by atoms with Crippen molar-refractivity contribution in [2.24, 2.45) is 0 Å². The molecule has 0 bridgehead atoms. The summed E-state index contributed by atoms with van der Waals surface area (Å²) in [6.45, 7) is 1.26. The van der Waals surface area contributed by atoms with Crippen LogP contribution in [0, 0.1) is 0 Å². The number of rotatable bonds is 3. The fraction of sp³-hybridized carbons (Fsp3) is 0.294. The average molecular weight is 434 g/mol. The normalized spacial score (nSPS) is 15.7. The highest BCUT2D eigenvalue weighted by Crippen LogP contribution is 2.36. The molecule has 1 atom stereocenters. The number of hydrogen-bond acceptors (Lipinski definition) is 4. The van der Waals surface area contributed by atoms with E-state index in [9.17, 15) is 4.79 Å². The van der Waals surface area contributed by atoms with Gasteiger partial charge in [-0.1, -0.05) is 29.8 Å². The molecule has 1 aliphatic heterocycles. The first kappa shape index (κ1) is 21.0. The number of carbonyl (C=O) groups excluding carboxylic acids is 1. The molecule has 0 spiro atoms. The molecule has 5 nitrogen and oxygen atoms in total. The molecule has 0 saturated heterocycles. The largest absolute Gasteiger partial charge is 0.348 e. The summed E-state index contributed by atoms with van der Waals surface area (Å²) < 4.78 is 1.14.